The van der Waals surface area contributed by atoms with E-state index < -0.39 is 17.9 Å². The summed E-state index contributed by atoms with van der Waals surface area (Å²) in [7, 11) is 0. The average Bonchev–Trinajstić information content (AvgIpc) is 2.21. The maximum absolute atomic E-state index is 11.3. The third-order valence-corrected chi connectivity index (χ3v) is 2.04. The molecule has 0 saturated heterocycles. The number of carbonyl (C=O) groups is 1. The van der Waals surface area contributed by atoms with Crippen molar-refractivity contribution < 1.29 is 14.6 Å². The Morgan fingerprint density at radius 1 is 1.65 bits per heavy atom. The molecule has 94 valence electrons. The number of hydrogen-bond donors (Lipinski definition) is 3. The first-order valence-corrected chi connectivity index (χ1v) is 4.93. The van der Waals surface area contributed by atoms with Crippen LogP contribution in [0.25, 0.3) is 0 Å². The standard InChI is InChI=1S/C9H14N4O4/c10-6(2-4-17-9(15)16)5-13-3-1-7(11)12-8(13)14/h1,3,6H,2,4-5,10H2,(H,15,16)(H2,11,12,14). The molecule has 8 heteroatoms. The predicted octanol–water partition coefficient (Wildman–Crippen LogP) is -0.762. The lowest BCUT2D eigenvalue weighted by Crippen LogP contribution is -2.34. The van der Waals surface area contributed by atoms with Gasteiger partial charge in [-0.05, 0) is 12.5 Å². The van der Waals surface area contributed by atoms with Gasteiger partial charge in [0, 0.05) is 18.8 Å². The maximum Gasteiger partial charge on any atom is 0.505 e. The summed E-state index contributed by atoms with van der Waals surface area (Å²) in [6.45, 7) is 0.225. The summed E-state index contributed by atoms with van der Waals surface area (Å²) in [6, 6.07) is 1.10. The van der Waals surface area contributed by atoms with Gasteiger partial charge in [0.1, 0.15) is 5.82 Å². The van der Waals surface area contributed by atoms with Crippen molar-refractivity contribution in [3.63, 3.8) is 0 Å². The van der Waals surface area contributed by atoms with E-state index in [-0.39, 0.29) is 19.0 Å². The third kappa shape index (κ3) is 4.51. The van der Waals surface area contributed by atoms with Crippen LogP contribution in [-0.2, 0) is 11.3 Å². The zero-order chi connectivity index (χ0) is 12.8. The first-order valence-electron chi connectivity index (χ1n) is 4.93. The van der Waals surface area contributed by atoms with E-state index in [0.717, 1.165) is 0 Å². The van der Waals surface area contributed by atoms with Crippen molar-refractivity contribution in [1.29, 1.82) is 0 Å². The molecular formula is C9H14N4O4. The van der Waals surface area contributed by atoms with Crippen LogP contribution in [0.3, 0.4) is 0 Å². The van der Waals surface area contributed by atoms with Crippen LogP contribution in [0.1, 0.15) is 6.42 Å². The van der Waals surface area contributed by atoms with Crippen molar-refractivity contribution >= 4 is 12.0 Å². The van der Waals surface area contributed by atoms with Crippen molar-refractivity contribution in [2.75, 3.05) is 12.3 Å². The summed E-state index contributed by atoms with van der Waals surface area (Å²) in [5, 5.41) is 8.25. The minimum Gasteiger partial charge on any atom is -0.450 e. The van der Waals surface area contributed by atoms with Gasteiger partial charge >= 0.3 is 11.8 Å². The van der Waals surface area contributed by atoms with Gasteiger partial charge in [-0.1, -0.05) is 0 Å². The predicted molar refractivity (Wildman–Crippen MR) is 59.5 cm³/mol. The van der Waals surface area contributed by atoms with Crippen LogP contribution in [0.5, 0.6) is 0 Å². The molecule has 0 bridgehead atoms. The zero-order valence-electron chi connectivity index (χ0n) is 9.07. The summed E-state index contributed by atoms with van der Waals surface area (Å²) < 4.78 is 5.62. The number of nitrogen functional groups attached to an aromatic ring is 1. The minimum atomic E-state index is -1.34. The van der Waals surface area contributed by atoms with Gasteiger partial charge in [0.05, 0.1) is 6.61 Å². The highest BCUT2D eigenvalue weighted by atomic mass is 16.7. The first kappa shape index (κ1) is 13.0. The summed E-state index contributed by atoms with van der Waals surface area (Å²) in [6.07, 6.45) is 0.467. The lowest BCUT2D eigenvalue weighted by Gasteiger charge is -2.12. The molecule has 0 aliphatic rings. The molecule has 0 spiro atoms. The first-order chi connectivity index (χ1) is 7.99. The number of nitrogens with two attached hydrogens (primary N) is 2. The van der Waals surface area contributed by atoms with E-state index in [1.54, 1.807) is 0 Å². The molecule has 8 nitrogen and oxygen atoms in total. The monoisotopic (exact) mass is 242 g/mol. The number of rotatable bonds is 5. The Labute approximate surface area is 96.8 Å². The van der Waals surface area contributed by atoms with Gasteiger partial charge in [-0.3, -0.25) is 4.57 Å². The van der Waals surface area contributed by atoms with Crippen molar-refractivity contribution in [1.82, 2.24) is 9.55 Å². The molecule has 0 aliphatic heterocycles. The lowest BCUT2D eigenvalue weighted by atomic mass is 10.2. The second-order valence-corrected chi connectivity index (χ2v) is 3.45. The lowest BCUT2D eigenvalue weighted by molar-refractivity contribution is 0.0885. The highest BCUT2D eigenvalue weighted by Crippen LogP contribution is 1.95. The topological polar surface area (TPSA) is 133 Å². The number of nitrogens with zero attached hydrogens (tertiary/aromatic N) is 2. The maximum atomic E-state index is 11.3. The number of ether oxygens (including phenoxy) is 1. The number of anilines is 1. The molecule has 0 amide bonds. The van der Waals surface area contributed by atoms with Crippen LogP contribution in [-0.4, -0.2) is 33.5 Å². The Bertz CT molecular complexity index is 445. The smallest absolute Gasteiger partial charge is 0.450 e. The molecule has 0 aromatic carbocycles. The number of hydrogen-bond acceptors (Lipinski definition) is 6. The number of carboxylic acid groups (broad SMARTS) is 1. The fourth-order valence-corrected chi connectivity index (χ4v) is 1.22. The van der Waals surface area contributed by atoms with Crippen LogP contribution < -0.4 is 17.2 Å². The highest BCUT2D eigenvalue weighted by molar-refractivity contribution is 5.56. The Morgan fingerprint density at radius 3 is 2.94 bits per heavy atom. The molecule has 5 N–H and O–H groups in total. The Hall–Kier alpha value is -2.09. The molecule has 0 saturated carbocycles. The van der Waals surface area contributed by atoms with E-state index in [9.17, 15) is 9.59 Å². The van der Waals surface area contributed by atoms with Crippen LogP contribution >= 0.6 is 0 Å². The fraction of sp³-hybridized carbons (Fsp3) is 0.444. The molecule has 0 aliphatic carbocycles. The highest BCUT2D eigenvalue weighted by Gasteiger charge is 2.07. The molecule has 0 radical (unpaired) electrons. The zero-order valence-corrected chi connectivity index (χ0v) is 9.07. The Morgan fingerprint density at radius 2 is 2.35 bits per heavy atom. The average molecular weight is 242 g/mol. The quantitative estimate of drug-likeness (QED) is 0.577. The minimum absolute atomic E-state index is 0.00630. The largest absolute Gasteiger partial charge is 0.505 e. The van der Waals surface area contributed by atoms with E-state index in [0.29, 0.717) is 6.42 Å². The summed E-state index contributed by atoms with van der Waals surface area (Å²) >= 11 is 0. The molecule has 1 aromatic rings. The van der Waals surface area contributed by atoms with E-state index in [1.165, 1.54) is 16.8 Å². The van der Waals surface area contributed by atoms with Crippen LogP contribution in [0, 0.1) is 0 Å². The Kier molecular flexibility index (Phi) is 4.46. The van der Waals surface area contributed by atoms with Gasteiger partial charge in [-0.15, -0.1) is 0 Å². The molecule has 1 rings (SSSR count). The van der Waals surface area contributed by atoms with Gasteiger partial charge in [-0.2, -0.15) is 4.98 Å². The van der Waals surface area contributed by atoms with Gasteiger partial charge in [0.2, 0.25) is 0 Å². The van der Waals surface area contributed by atoms with Crippen LogP contribution in [0.4, 0.5) is 10.6 Å². The van der Waals surface area contributed by atoms with Crippen LogP contribution in [0.2, 0.25) is 0 Å². The second-order valence-electron chi connectivity index (χ2n) is 3.45. The van der Waals surface area contributed by atoms with Crippen LogP contribution in [0.15, 0.2) is 17.1 Å². The van der Waals surface area contributed by atoms with E-state index in [4.69, 9.17) is 16.6 Å². The van der Waals surface area contributed by atoms with Crippen molar-refractivity contribution in [2.45, 2.75) is 19.0 Å². The SMILES string of the molecule is Nc1ccn(CC(N)CCOC(=O)O)c(=O)n1. The van der Waals surface area contributed by atoms with E-state index in [2.05, 4.69) is 9.72 Å². The summed E-state index contributed by atoms with van der Waals surface area (Å²) in [5.74, 6) is 0.147. The number of aromatic nitrogens is 2. The molecule has 1 heterocycles. The van der Waals surface area contributed by atoms with Gasteiger partial charge in [0.15, 0.2) is 0 Å². The molecule has 1 aromatic heterocycles. The summed E-state index contributed by atoms with van der Waals surface area (Å²) in [5.41, 5.74) is 10.6. The van der Waals surface area contributed by atoms with Gasteiger partial charge in [-0.25, -0.2) is 9.59 Å². The van der Waals surface area contributed by atoms with Crippen molar-refractivity contribution in [2.24, 2.45) is 5.73 Å². The molecule has 1 atom stereocenters. The molecule has 0 fully saturated rings. The molecular weight excluding hydrogens is 228 g/mol. The Balaban J connectivity index is 2.47. The van der Waals surface area contributed by atoms with Gasteiger partial charge in [0.25, 0.3) is 0 Å². The second kappa shape index (κ2) is 5.85. The van der Waals surface area contributed by atoms with Crippen molar-refractivity contribution in [3.05, 3.63) is 22.7 Å². The normalized spacial score (nSPS) is 12.1. The summed E-state index contributed by atoms with van der Waals surface area (Å²) in [4.78, 5) is 25.0. The third-order valence-electron chi connectivity index (χ3n) is 2.04. The van der Waals surface area contributed by atoms with Gasteiger partial charge < -0.3 is 21.3 Å². The molecule has 17 heavy (non-hydrogen) atoms. The fourth-order valence-electron chi connectivity index (χ4n) is 1.22. The molecule has 1 unspecified atom stereocenters. The van der Waals surface area contributed by atoms with Crippen molar-refractivity contribution in [3.8, 4) is 0 Å². The van der Waals surface area contributed by atoms with E-state index in [1.807, 2.05) is 0 Å². The van der Waals surface area contributed by atoms with E-state index >= 15 is 0 Å².